The second kappa shape index (κ2) is 10.8. The highest BCUT2D eigenvalue weighted by Crippen LogP contribution is 2.10. The summed E-state index contributed by atoms with van der Waals surface area (Å²) in [5.74, 6) is 1.13. The van der Waals surface area contributed by atoms with E-state index in [9.17, 15) is 4.79 Å². The van der Waals surface area contributed by atoms with Gasteiger partial charge in [-0.15, -0.1) is 35.3 Å². The van der Waals surface area contributed by atoms with Gasteiger partial charge in [-0.25, -0.2) is 9.98 Å². The molecular weight excluding hydrogens is 413 g/mol. The van der Waals surface area contributed by atoms with Crippen LogP contribution in [0.1, 0.15) is 23.7 Å². The van der Waals surface area contributed by atoms with Crippen LogP contribution in [0.5, 0.6) is 0 Å². The van der Waals surface area contributed by atoms with Gasteiger partial charge in [0.15, 0.2) is 5.96 Å². The number of hydrogen-bond acceptors (Lipinski definition) is 4. The molecule has 2 N–H and O–H groups in total. The molecule has 0 aromatic carbocycles. The highest BCUT2D eigenvalue weighted by molar-refractivity contribution is 14.0. The molecule has 0 saturated carbocycles. The molecule has 8 heteroatoms. The maximum atomic E-state index is 11.6. The van der Waals surface area contributed by atoms with Gasteiger partial charge in [0.05, 0.1) is 6.54 Å². The van der Waals surface area contributed by atoms with Crippen LogP contribution < -0.4 is 10.6 Å². The third-order valence-electron chi connectivity index (χ3n) is 2.63. The van der Waals surface area contributed by atoms with Gasteiger partial charge in [-0.05, 0) is 12.8 Å². The Balaban J connectivity index is 0.00000441. The lowest BCUT2D eigenvalue weighted by Crippen LogP contribution is -2.39. The molecule has 0 aliphatic rings. The molecule has 0 saturated heterocycles. The lowest BCUT2D eigenvalue weighted by molar-refractivity contribution is -0.127. The zero-order chi connectivity index (χ0) is 15.8. The fraction of sp³-hybridized carbons (Fsp3) is 0.643. The van der Waals surface area contributed by atoms with E-state index in [1.54, 1.807) is 25.4 Å². The van der Waals surface area contributed by atoms with E-state index in [0.29, 0.717) is 18.4 Å². The third kappa shape index (κ3) is 8.52. The van der Waals surface area contributed by atoms with Crippen LogP contribution >= 0.6 is 35.3 Å². The Hall–Kier alpha value is -0.900. The molecular formula is C14H26IN5OS. The average molecular weight is 439 g/mol. The minimum Gasteiger partial charge on any atom is -0.356 e. The zero-order valence-electron chi connectivity index (χ0n) is 13.8. The molecule has 126 valence electrons. The summed E-state index contributed by atoms with van der Waals surface area (Å²) >= 11 is 1.65. The van der Waals surface area contributed by atoms with Crippen molar-refractivity contribution in [2.24, 2.45) is 10.9 Å². The first-order valence-corrected chi connectivity index (χ1v) is 7.83. The number of rotatable bonds is 6. The summed E-state index contributed by atoms with van der Waals surface area (Å²) < 4.78 is 0. The van der Waals surface area contributed by atoms with Crippen molar-refractivity contribution in [1.82, 2.24) is 20.5 Å². The molecule has 1 amide bonds. The molecule has 0 bridgehead atoms. The van der Waals surface area contributed by atoms with Gasteiger partial charge in [-0.3, -0.25) is 4.79 Å². The maximum Gasteiger partial charge on any atom is 0.243 e. The number of amides is 1. The monoisotopic (exact) mass is 439 g/mol. The van der Waals surface area contributed by atoms with Crippen LogP contribution in [0.3, 0.4) is 0 Å². The Bertz CT molecular complexity index is 487. The summed E-state index contributed by atoms with van der Waals surface area (Å²) in [6, 6.07) is 0. The van der Waals surface area contributed by atoms with E-state index in [2.05, 4.69) is 34.5 Å². The molecule has 1 rings (SSSR count). The molecule has 0 atom stereocenters. The summed E-state index contributed by atoms with van der Waals surface area (Å²) in [6.45, 7) is 7.83. The van der Waals surface area contributed by atoms with Crippen molar-refractivity contribution in [3.8, 4) is 0 Å². The second-order valence-corrected chi connectivity index (χ2v) is 6.77. The van der Waals surface area contributed by atoms with Crippen molar-refractivity contribution in [2.75, 3.05) is 27.2 Å². The molecule has 0 aliphatic carbocycles. The number of aromatic nitrogens is 1. The van der Waals surface area contributed by atoms with E-state index in [1.165, 1.54) is 9.78 Å². The Morgan fingerprint density at radius 1 is 1.41 bits per heavy atom. The molecule has 0 spiro atoms. The maximum absolute atomic E-state index is 11.6. The first kappa shape index (κ1) is 21.1. The van der Waals surface area contributed by atoms with Crippen LogP contribution in [0.4, 0.5) is 0 Å². The quantitative estimate of drug-likeness (QED) is 0.403. The number of aliphatic imine (C=N–C) groups is 1. The van der Waals surface area contributed by atoms with Crippen molar-refractivity contribution in [3.63, 3.8) is 0 Å². The number of carbonyl (C=O) groups excluding carboxylic acids is 1. The smallest absolute Gasteiger partial charge is 0.243 e. The van der Waals surface area contributed by atoms with E-state index >= 15 is 0 Å². The average Bonchev–Trinajstić information content (AvgIpc) is 2.82. The SMILES string of the molecule is Cc1cnc(CNC(=NCC(=O)N(C)C)NCC(C)C)s1.I. The number of likely N-dealkylation sites (N-methyl/N-ethyl adjacent to an activating group) is 1. The van der Waals surface area contributed by atoms with Crippen molar-refractivity contribution < 1.29 is 4.79 Å². The lowest BCUT2D eigenvalue weighted by Gasteiger charge is -2.14. The van der Waals surface area contributed by atoms with Crippen LogP contribution in [0.2, 0.25) is 0 Å². The van der Waals surface area contributed by atoms with Crippen LogP contribution in [-0.4, -0.2) is 48.9 Å². The van der Waals surface area contributed by atoms with E-state index < -0.39 is 0 Å². The number of guanidine groups is 1. The van der Waals surface area contributed by atoms with Crippen molar-refractivity contribution in [2.45, 2.75) is 27.3 Å². The van der Waals surface area contributed by atoms with Crippen LogP contribution in [0.15, 0.2) is 11.2 Å². The van der Waals surface area contributed by atoms with E-state index in [4.69, 9.17) is 0 Å². The molecule has 0 unspecified atom stereocenters. The largest absolute Gasteiger partial charge is 0.356 e. The van der Waals surface area contributed by atoms with Crippen molar-refractivity contribution in [1.29, 1.82) is 0 Å². The fourth-order valence-electron chi connectivity index (χ4n) is 1.41. The number of nitrogens with zero attached hydrogens (tertiary/aromatic N) is 3. The molecule has 6 nitrogen and oxygen atoms in total. The predicted octanol–water partition coefficient (Wildman–Crippen LogP) is 1.85. The molecule has 1 aromatic heterocycles. The molecule has 22 heavy (non-hydrogen) atoms. The first-order valence-electron chi connectivity index (χ1n) is 7.02. The molecule has 1 heterocycles. The van der Waals surface area contributed by atoms with E-state index in [1.807, 2.05) is 13.1 Å². The van der Waals surface area contributed by atoms with Gasteiger partial charge in [0.2, 0.25) is 5.91 Å². The minimum atomic E-state index is -0.0225. The van der Waals surface area contributed by atoms with Gasteiger partial charge in [0.1, 0.15) is 11.6 Å². The van der Waals surface area contributed by atoms with Crippen LogP contribution in [0.25, 0.3) is 0 Å². The van der Waals surface area contributed by atoms with Crippen LogP contribution in [-0.2, 0) is 11.3 Å². The van der Waals surface area contributed by atoms with E-state index in [-0.39, 0.29) is 36.4 Å². The molecule has 0 fully saturated rings. The standard InChI is InChI=1S/C14H25N5OS.HI/c1-10(2)6-16-14(18-9-13(20)19(4)5)17-8-12-15-7-11(3)21-12;/h7,10H,6,8-9H2,1-5H3,(H2,16,17,18);1H. The zero-order valence-corrected chi connectivity index (χ0v) is 17.0. The number of halogens is 1. The van der Waals surface area contributed by atoms with Crippen LogP contribution in [0, 0.1) is 12.8 Å². The fourth-order valence-corrected chi connectivity index (χ4v) is 2.13. The van der Waals surface area contributed by atoms with Gasteiger partial charge in [0, 0.05) is 31.7 Å². The summed E-state index contributed by atoms with van der Waals surface area (Å²) in [7, 11) is 3.45. The minimum absolute atomic E-state index is 0. The molecule has 0 radical (unpaired) electrons. The summed E-state index contributed by atoms with van der Waals surface area (Å²) in [5.41, 5.74) is 0. The van der Waals surface area contributed by atoms with Gasteiger partial charge in [0.25, 0.3) is 0 Å². The van der Waals surface area contributed by atoms with Crippen molar-refractivity contribution >= 4 is 47.2 Å². The Morgan fingerprint density at radius 3 is 2.59 bits per heavy atom. The summed E-state index contributed by atoms with van der Waals surface area (Å²) in [5, 5.41) is 7.46. The van der Waals surface area contributed by atoms with Gasteiger partial charge >= 0.3 is 0 Å². The summed E-state index contributed by atoms with van der Waals surface area (Å²) in [6.07, 6.45) is 1.86. The normalized spacial score (nSPS) is 11.1. The Morgan fingerprint density at radius 2 is 2.09 bits per heavy atom. The Kier molecular flexibility index (Phi) is 10.3. The second-order valence-electron chi connectivity index (χ2n) is 5.45. The molecule has 0 aliphatic heterocycles. The summed E-state index contributed by atoms with van der Waals surface area (Å²) in [4.78, 5) is 23.0. The third-order valence-corrected chi connectivity index (χ3v) is 3.54. The number of thiazole rings is 1. The lowest BCUT2D eigenvalue weighted by atomic mass is 10.2. The Labute approximate surface area is 153 Å². The highest BCUT2D eigenvalue weighted by Gasteiger charge is 2.06. The van der Waals surface area contributed by atoms with E-state index in [0.717, 1.165) is 11.6 Å². The van der Waals surface area contributed by atoms with Crippen molar-refractivity contribution in [3.05, 3.63) is 16.1 Å². The number of hydrogen-bond donors (Lipinski definition) is 2. The van der Waals surface area contributed by atoms with Gasteiger partial charge < -0.3 is 15.5 Å². The molecule has 1 aromatic rings. The number of nitrogens with one attached hydrogen (secondary N) is 2. The number of aryl methyl sites for hydroxylation is 1. The van der Waals surface area contributed by atoms with Gasteiger partial charge in [-0.2, -0.15) is 0 Å². The number of carbonyl (C=O) groups is 1. The first-order chi connectivity index (χ1) is 9.88. The highest BCUT2D eigenvalue weighted by atomic mass is 127. The topological polar surface area (TPSA) is 69.6 Å². The predicted molar refractivity (Wildman–Crippen MR) is 103 cm³/mol. The van der Waals surface area contributed by atoms with Gasteiger partial charge in [-0.1, -0.05) is 13.8 Å².